The second-order valence-electron chi connectivity index (χ2n) is 6.03. The minimum absolute atomic E-state index is 0.562. The fourth-order valence-electron chi connectivity index (χ4n) is 2.72. The molecule has 7 nitrogen and oxygen atoms in total. The molecule has 4 rings (SSSR count). The molecule has 0 bridgehead atoms. The van der Waals surface area contributed by atoms with Crippen LogP contribution in [0.1, 0.15) is 22.8 Å². The van der Waals surface area contributed by atoms with Crippen LogP contribution in [-0.2, 0) is 6.54 Å². The summed E-state index contributed by atoms with van der Waals surface area (Å²) in [5.41, 5.74) is 4.84. The van der Waals surface area contributed by atoms with Crippen LogP contribution in [0, 0.1) is 20.8 Å². The van der Waals surface area contributed by atoms with E-state index < -0.39 is 0 Å². The molecule has 0 radical (unpaired) electrons. The molecule has 1 N–H and O–H groups in total. The second-order valence-corrected chi connectivity index (χ2v) is 6.03. The van der Waals surface area contributed by atoms with E-state index in [9.17, 15) is 0 Å². The summed E-state index contributed by atoms with van der Waals surface area (Å²) >= 11 is 0. The molecular weight excluding hydrogens is 316 g/mol. The Morgan fingerprint density at radius 3 is 2.52 bits per heavy atom. The van der Waals surface area contributed by atoms with Crippen molar-refractivity contribution in [3.8, 4) is 11.4 Å². The van der Waals surface area contributed by atoms with Crippen LogP contribution in [0.25, 0.3) is 17.0 Å². The third-order valence-corrected chi connectivity index (χ3v) is 3.89. The monoisotopic (exact) mass is 334 g/mol. The van der Waals surface area contributed by atoms with Crippen LogP contribution in [0.4, 0.5) is 5.82 Å². The molecule has 1 aromatic carbocycles. The Morgan fingerprint density at radius 1 is 1.00 bits per heavy atom. The van der Waals surface area contributed by atoms with E-state index in [0.29, 0.717) is 18.3 Å². The van der Waals surface area contributed by atoms with Gasteiger partial charge in [0, 0.05) is 36.9 Å². The van der Waals surface area contributed by atoms with Crippen molar-refractivity contribution in [1.29, 1.82) is 0 Å². The smallest absolute Gasteiger partial charge is 0.223 e. The third kappa shape index (κ3) is 3.08. The van der Waals surface area contributed by atoms with E-state index in [4.69, 9.17) is 4.52 Å². The molecule has 126 valence electrons. The van der Waals surface area contributed by atoms with Gasteiger partial charge in [0.25, 0.3) is 0 Å². The molecule has 0 fully saturated rings. The Bertz CT molecular complexity index is 1030. The van der Waals surface area contributed by atoms with E-state index in [-0.39, 0.29) is 0 Å². The summed E-state index contributed by atoms with van der Waals surface area (Å²) in [4.78, 5) is 8.74. The van der Waals surface area contributed by atoms with Gasteiger partial charge in [0.1, 0.15) is 5.82 Å². The lowest BCUT2D eigenvalue weighted by Crippen LogP contribution is -2.06. The minimum atomic E-state index is 0.562. The molecule has 25 heavy (non-hydrogen) atoms. The predicted octanol–water partition coefficient (Wildman–Crippen LogP) is 3.32. The topological polar surface area (TPSA) is 81.1 Å². The number of rotatable bonds is 4. The summed E-state index contributed by atoms with van der Waals surface area (Å²) in [5, 5.41) is 11.9. The van der Waals surface area contributed by atoms with Crippen molar-refractivity contribution in [3.63, 3.8) is 0 Å². The van der Waals surface area contributed by atoms with Gasteiger partial charge in [-0.05, 0) is 19.4 Å². The summed E-state index contributed by atoms with van der Waals surface area (Å²) in [6.07, 6.45) is 0. The molecule has 7 heteroatoms. The Morgan fingerprint density at radius 2 is 1.80 bits per heavy atom. The maximum Gasteiger partial charge on any atom is 0.223 e. The molecule has 0 aliphatic heterocycles. The van der Waals surface area contributed by atoms with E-state index in [1.165, 1.54) is 0 Å². The van der Waals surface area contributed by atoms with Crippen LogP contribution in [0.15, 0.2) is 40.9 Å². The summed E-state index contributed by atoms with van der Waals surface area (Å²) in [6, 6.07) is 12.1. The Labute approximate surface area is 144 Å². The van der Waals surface area contributed by atoms with Crippen LogP contribution in [0.5, 0.6) is 0 Å². The van der Waals surface area contributed by atoms with Gasteiger partial charge in [0.2, 0.25) is 11.7 Å². The van der Waals surface area contributed by atoms with Crippen molar-refractivity contribution < 1.29 is 4.52 Å². The third-order valence-electron chi connectivity index (χ3n) is 3.89. The number of nitrogens with one attached hydrogen (secondary N) is 1. The maximum absolute atomic E-state index is 5.02. The molecule has 0 saturated carbocycles. The Balaban J connectivity index is 1.53. The standard InChI is InChI=1S/C18H18N6O/c1-11-8-16(24-17(20-11)9-12(2)22-24)19-10-14-4-6-15(7-5-14)18-21-13(3)25-23-18/h4-9,19H,10H2,1-3H3. The lowest BCUT2D eigenvalue weighted by molar-refractivity contribution is 0.394. The van der Waals surface area contributed by atoms with Gasteiger partial charge in [-0.3, -0.25) is 0 Å². The summed E-state index contributed by atoms with van der Waals surface area (Å²) in [7, 11) is 0. The molecule has 3 heterocycles. The van der Waals surface area contributed by atoms with E-state index in [1.807, 2.05) is 54.8 Å². The quantitative estimate of drug-likeness (QED) is 0.616. The van der Waals surface area contributed by atoms with Gasteiger partial charge in [0.05, 0.1) is 5.69 Å². The highest BCUT2D eigenvalue weighted by Gasteiger charge is 2.08. The van der Waals surface area contributed by atoms with E-state index >= 15 is 0 Å². The number of hydrogen-bond donors (Lipinski definition) is 1. The van der Waals surface area contributed by atoms with Crippen LogP contribution in [0.2, 0.25) is 0 Å². The Kier molecular flexibility index (Phi) is 3.68. The SMILES string of the molecule is Cc1cc(NCc2ccc(-c3noc(C)n3)cc2)n2nc(C)cc2n1. The average Bonchev–Trinajstić information content (AvgIpc) is 3.18. The number of aromatic nitrogens is 5. The lowest BCUT2D eigenvalue weighted by atomic mass is 10.1. The highest BCUT2D eigenvalue weighted by molar-refractivity contribution is 5.55. The molecule has 0 atom stereocenters. The number of benzene rings is 1. The van der Waals surface area contributed by atoms with Crippen molar-refractivity contribution in [2.75, 3.05) is 5.32 Å². The predicted molar refractivity (Wildman–Crippen MR) is 94.3 cm³/mol. The minimum Gasteiger partial charge on any atom is -0.366 e. The maximum atomic E-state index is 5.02. The number of hydrogen-bond acceptors (Lipinski definition) is 6. The highest BCUT2D eigenvalue weighted by Crippen LogP contribution is 2.18. The molecule has 0 aliphatic rings. The first-order valence-electron chi connectivity index (χ1n) is 8.06. The van der Waals surface area contributed by atoms with Crippen molar-refractivity contribution in [1.82, 2.24) is 24.7 Å². The average molecular weight is 334 g/mol. The van der Waals surface area contributed by atoms with Gasteiger partial charge in [-0.15, -0.1) is 0 Å². The number of fused-ring (bicyclic) bond motifs is 1. The molecule has 0 amide bonds. The molecule has 0 spiro atoms. The molecule has 3 aromatic heterocycles. The van der Waals surface area contributed by atoms with Crippen LogP contribution >= 0.6 is 0 Å². The summed E-state index contributed by atoms with van der Waals surface area (Å²) < 4.78 is 6.85. The van der Waals surface area contributed by atoms with E-state index in [1.54, 1.807) is 6.92 Å². The molecule has 0 aliphatic carbocycles. The zero-order chi connectivity index (χ0) is 17.4. The zero-order valence-electron chi connectivity index (χ0n) is 14.3. The fourth-order valence-corrected chi connectivity index (χ4v) is 2.72. The normalized spacial score (nSPS) is 11.2. The van der Waals surface area contributed by atoms with Gasteiger partial charge in [-0.2, -0.15) is 14.6 Å². The van der Waals surface area contributed by atoms with E-state index in [2.05, 4.69) is 25.5 Å². The molecule has 0 saturated heterocycles. The lowest BCUT2D eigenvalue weighted by Gasteiger charge is -2.09. The van der Waals surface area contributed by atoms with Crippen molar-refractivity contribution in [2.24, 2.45) is 0 Å². The molecular formula is C18H18N6O. The first-order valence-corrected chi connectivity index (χ1v) is 8.06. The van der Waals surface area contributed by atoms with Crippen molar-refractivity contribution >= 4 is 11.5 Å². The zero-order valence-corrected chi connectivity index (χ0v) is 14.3. The summed E-state index contributed by atoms with van der Waals surface area (Å²) in [5.74, 6) is 2.09. The number of aryl methyl sites for hydroxylation is 3. The number of nitrogens with zero attached hydrogens (tertiary/aromatic N) is 5. The summed E-state index contributed by atoms with van der Waals surface area (Å²) in [6.45, 7) is 6.41. The first-order chi connectivity index (χ1) is 12.1. The fraction of sp³-hybridized carbons (Fsp3) is 0.222. The molecule has 4 aromatic rings. The number of anilines is 1. The van der Waals surface area contributed by atoms with Crippen LogP contribution in [0.3, 0.4) is 0 Å². The van der Waals surface area contributed by atoms with Crippen molar-refractivity contribution in [2.45, 2.75) is 27.3 Å². The highest BCUT2D eigenvalue weighted by atomic mass is 16.5. The van der Waals surface area contributed by atoms with Crippen molar-refractivity contribution in [3.05, 3.63) is 59.2 Å². The van der Waals surface area contributed by atoms with Gasteiger partial charge < -0.3 is 9.84 Å². The Hall–Kier alpha value is -3.22. The van der Waals surface area contributed by atoms with Crippen LogP contribution < -0.4 is 5.32 Å². The molecule has 0 unspecified atom stereocenters. The largest absolute Gasteiger partial charge is 0.366 e. The van der Waals surface area contributed by atoms with Gasteiger partial charge >= 0.3 is 0 Å². The van der Waals surface area contributed by atoms with Gasteiger partial charge in [-0.1, -0.05) is 29.4 Å². The van der Waals surface area contributed by atoms with Gasteiger partial charge in [0.15, 0.2) is 5.65 Å². The van der Waals surface area contributed by atoms with Crippen LogP contribution in [-0.4, -0.2) is 24.7 Å². The van der Waals surface area contributed by atoms with E-state index in [0.717, 1.165) is 34.0 Å². The second kappa shape index (κ2) is 6.01. The van der Waals surface area contributed by atoms with Gasteiger partial charge in [-0.25, -0.2) is 4.98 Å². The first kappa shape index (κ1) is 15.3.